The fourth-order valence-corrected chi connectivity index (χ4v) is 3.82. The summed E-state index contributed by atoms with van der Waals surface area (Å²) in [5.41, 5.74) is 6.54. The Morgan fingerprint density at radius 1 is 0.778 bits per heavy atom. The molecule has 0 spiro atoms. The average Bonchev–Trinajstić information content (AvgIpc) is 2.60. The van der Waals surface area contributed by atoms with Gasteiger partial charge in [-0.05, 0) is 74.2 Å². The molecule has 4 aromatic rings. The predicted octanol–water partition coefficient (Wildman–Crippen LogP) is 5.84. The maximum atomic E-state index is 13.3. The van der Waals surface area contributed by atoms with Crippen molar-refractivity contribution in [3.8, 4) is 5.75 Å². The molecule has 0 saturated heterocycles. The van der Waals surface area contributed by atoms with E-state index in [-0.39, 0.29) is 5.97 Å². The van der Waals surface area contributed by atoms with Crippen LogP contribution in [0.25, 0.3) is 21.8 Å². The molecule has 3 heteroatoms. The van der Waals surface area contributed by atoms with Crippen LogP contribution in [-0.4, -0.2) is 11.0 Å². The van der Waals surface area contributed by atoms with Gasteiger partial charge in [0.1, 0.15) is 5.75 Å². The molecule has 0 bridgehead atoms. The number of hydrogen-bond acceptors (Lipinski definition) is 3. The van der Waals surface area contributed by atoms with Gasteiger partial charge in [-0.2, -0.15) is 0 Å². The highest BCUT2D eigenvalue weighted by atomic mass is 16.5. The molecule has 4 rings (SSSR count). The monoisotopic (exact) mass is 355 g/mol. The molecule has 0 N–H and O–H groups in total. The Hall–Kier alpha value is -3.20. The molecule has 27 heavy (non-hydrogen) atoms. The minimum Gasteiger partial charge on any atom is -0.423 e. The Balaban J connectivity index is 2.06. The fraction of sp³-hybridized carbons (Fsp3) is 0.167. The second-order valence-corrected chi connectivity index (χ2v) is 7.14. The largest absolute Gasteiger partial charge is 0.423 e. The van der Waals surface area contributed by atoms with Crippen LogP contribution in [0.4, 0.5) is 0 Å². The minimum absolute atomic E-state index is 0.350. The molecule has 0 saturated carbocycles. The number of hydrogen-bond donors (Lipinski definition) is 0. The third-order valence-electron chi connectivity index (χ3n) is 4.82. The fourth-order valence-electron chi connectivity index (χ4n) is 3.82. The number of fused-ring (bicyclic) bond motifs is 2. The Morgan fingerprint density at radius 3 is 1.81 bits per heavy atom. The van der Waals surface area contributed by atoms with Crippen molar-refractivity contribution < 1.29 is 9.53 Å². The molecule has 134 valence electrons. The van der Waals surface area contributed by atoms with Gasteiger partial charge in [-0.1, -0.05) is 30.3 Å². The maximum Gasteiger partial charge on any atom is 0.344 e. The molecular weight excluding hydrogens is 334 g/mol. The van der Waals surface area contributed by atoms with Crippen LogP contribution < -0.4 is 4.74 Å². The second-order valence-electron chi connectivity index (χ2n) is 7.14. The molecule has 0 aliphatic rings. The van der Waals surface area contributed by atoms with Crippen LogP contribution in [0.5, 0.6) is 5.75 Å². The predicted molar refractivity (Wildman–Crippen MR) is 110 cm³/mol. The van der Waals surface area contributed by atoms with Crippen molar-refractivity contribution >= 4 is 27.8 Å². The topological polar surface area (TPSA) is 39.2 Å². The van der Waals surface area contributed by atoms with Crippen LogP contribution >= 0.6 is 0 Å². The van der Waals surface area contributed by atoms with Gasteiger partial charge in [0.25, 0.3) is 0 Å². The van der Waals surface area contributed by atoms with E-state index < -0.39 is 0 Å². The number of aromatic nitrogens is 1. The van der Waals surface area contributed by atoms with Crippen molar-refractivity contribution in [3.63, 3.8) is 0 Å². The molecular formula is C24H21NO2. The van der Waals surface area contributed by atoms with E-state index in [1.165, 1.54) is 0 Å². The van der Waals surface area contributed by atoms with Crippen molar-refractivity contribution in [2.45, 2.75) is 27.7 Å². The summed E-state index contributed by atoms with van der Waals surface area (Å²) in [7, 11) is 0. The number of benzene rings is 3. The first-order valence-corrected chi connectivity index (χ1v) is 9.03. The molecule has 0 fully saturated rings. The molecule has 3 aromatic carbocycles. The summed E-state index contributed by atoms with van der Waals surface area (Å²) >= 11 is 0. The highest BCUT2D eigenvalue weighted by Gasteiger charge is 2.21. The molecule has 1 heterocycles. The first kappa shape index (κ1) is 17.2. The number of esters is 1. The maximum absolute atomic E-state index is 13.3. The van der Waals surface area contributed by atoms with Crippen molar-refractivity contribution in [2.75, 3.05) is 0 Å². The number of para-hydroxylation sites is 1. The first-order valence-electron chi connectivity index (χ1n) is 9.03. The lowest BCUT2D eigenvalue weighted by Gasteiger charge is -2.15. The van der Waals surface area contributed by atoms with Gasteiger partial charge in [-0.15, -0.1) is 0 Å². The van der Waals surface area contributed by atoms with Crippen molar-refractivity contribution in [1.29, 1.82) is 0 Å². The van der Waals surface area contributed by atoms with Gasteiger partial charge in [-0.3, -0.25) is 0 Å². The summed E-state index contributed by atoms with van der Waals surface area (Å²) in [6.45, 7) is 8.13. The highest BCUT2D eigenvalue weighted by Crippen LogP contribution is 2.33. The van der Waals surface area contributed by atoms with Crippen LogP contribution in [0.1, 0.15) is 32.6 Å². The molecule has 0 aliphatic heterocycles. The second kappa shape index (κ2) is 6.51. The van der Waals surface area contributed by atoms with E-state index in [4.69, 9.17) is 9.72 Å². The minimum atomic E-state index is -0.350. The van der Waals surface area contributed by atoms with Gasteiger partial charge in [0.2, 0.25) is 0 Å². The molecule has 3 nitrogen and oxygen atoms in total. The number of carbonyl (C=O) groups is 1. The number of carbonyl (C=O) groups excluding carboxylic acids is 1. The van der Waals surface area contributed by atoms with E-state index in [0.29, 0.717) is 11.3 Å². The number of aryl methyl sites for hydroxylation is 4. The van der Waals surface area contributed by atoms with E-state index in [2.05, 4.69) is 12.1 Å². The Labute approximate surface area is 158 Å². The van der Waals surface area contributed by atoms with Gasteiger partial charge in [0, 0.05) is 10.8 Å². The standard InChI is InChI=1S/C24H21NO2/c1-14-10-16(3)21-19(12-14)25-20-13-15(2)11-17(4)22(20)23(21)24(26)27-18-8-6-5-7-9-18/h5-13H,1-4H3. The van der Waals surface area contributed by atoms with Crippen LogP contribution in [0.2, 0.25) is 0 Å². The zero-order chi connectivity index (χ0) is 19.1. The van der Waals surface area contributed by atoms with Gasteiger partial charge in [0.05, 0.1) is 16.6 Å². The first-order chi connectivity index (χ1) is 12.9. The number of nitrogens with zero attached hydrogens (tertiary/aromatic N) is 1. The zero-order valence-corrected chi connectivity index (χ0v) is 16.0. The summed E-state index contributed by atoms with van der Waals surface area (Å²) in [5.74, 6) is 0.188. The molecule has 0 aliphatic carbocycles. The Bertz CT molecular complexity index is 1130. The molecule has 0 amide bonds. The number of ether oxygens (including phenoxy) is 1. The molecule has 1 aromatic heterocycles. The van der Waals surface area contributed by atoms with Gasteiger partial charge in [-0.25, -0.2) is 9.78 Å². The van der Waals surface area contributed by atoms with Gasteiger partial charge in [0.15, 0.2) is 0 Å². The van der Waals surface area contributed by atoms with E-state index >= 15 is 0 Å². The summed E-state index contributed by atoms with van der Waals surface area (Å²) < 4.78 is 5.72. The van der Waals surface area contributed by atoms with Crippen molar-refractivity contribution in [1.82, 2.24) is 4.98 Å². The van der Waals surface area contributed by atoms with E-state index in [1.807, 2.05) is 58.0 Å². The van der Waals surface area contributed by atoms with E-state index in [0.717, 1.165) is 44.1 Å². The lowest BCUT2D eigenvalue weighted by atomic mass is 9.94. The Kier molecular flexibility index (Phi) is 4.15. The van der Waals surface area contributed by atoms with Crippen LogP contribution in [0, 0.1) is 27.7 Å². The summed E-state index contributed by atoms with van der Waals surface area (Å²) in [5, 5.41) is 1.72. The van der Waals surface area contributed by atoms with Crippen LogP contribution in [0.15, 0.2) is 54.6 Å². The average molecular weight is 355 g/mol. The highest BCUT2D eigenvalue weighted by molar-refractivity contribution is 6.16. The van der Waals surface area contributed by atoms with Crippen molar-refractivity contribution in [2.24, 2.45) is 0 Å². The van der Waals surface area contributed by atoms with Crippen molar-refractivity contribution in [3.05, 3.63) is 82.4 Å². The molecule has 0 radical (unpaired) electrons. The molecule has 0 unspecified atom stereocenters. The Morgan fingerprint density at radius 2 is 1.30 bits per heavy atom. The van der Waals surface area contributed by atoms with Gasteiger partial charge >= 0.3 is 5.97 Å². The summed E-state index contributed by atoms with van der Waals surface area (Å²) in [6, 6.07) is 17.4. The number of rotatable bonds is 2. The lowest BCUT2D eigenvalue weighted by Crippen LogP contribution is -2.12. The smallest absolute Gasteiger partial charge is 0.344 e. The normalized spacial score (nSPS) is 11.1. The van der Waals surface area contributed by atoms with E-state index in [9.17, 15) is 4.79 Å². The lowest BCUT2D eigenvalue weighted by molar-refractivity contribution is 0.0738. The van der Waals surface area contributed by atoms with E-state index in [1.54, 1.807) is 12.1 Å². The van der Waals surface area contributed by atoms with Crippen LogP contribution in [0.3, 0.4) is 0 Å². The SMILES string of the molecule is Cc1cc(C)c2c(C(=O)Oc3ccccc3)c3c(C)cc(C)cc3nc2c1. The summed E-state index contributed by atoms with van der Waals surface area (Å²) in [4.78, 5) is 18.1. The van der Waals surface area contributed by atoms with Crippen LogP contribution in [-0.2, 0) is 0 Å². The van der Waals surface area contributed by atoms with Gasteiger partial charge < -0.3 is 4.74 Å². The number of pyridine rings is 1. The molecule has 0 atom stereocenters. The third kappa shape index (κ3) is 3.06. The summed E-state index contributed by atoms with van der Waals surface area (Å²) in [6.07, 6.45) is 0. The third-order valence-corrected chi connectivity index (χ3v) is 4.82. The zero-order valence-electron chi connectivity index (χ0n) is 16.0. The quantitative estimate of drug-likeness (QED) is 0.257.